The molecule has 0 heterocycles. The van der Waals surface area contributed by atoms with Crippen molar-refractivity contribution < 1.29 is 9.85 Å². The smallest absolute Gasteiger partial charge is 0.258 e. The summed E-state index contributed by atoms with van der Waals surface area (Å²) in [6, 6.07) is 11.2. The number of hydrogen-bond acceptors (Lipinski definition) is 4. The lowest BCUT2D eigenvalue weighted by Crippen LogP contribution is -1.94. The van der Waals surface area contributed by atoms with E-state index in [2.05, 4.69) is 0 Å². The summed E-state index contributed by atoms with van der Waals surface area (Å²) in [5, 5.41) is 21.7. The van der Waals surface area contributed by atoms with Crippen LogP contribution in [0.3, 0.4) is 0 Å². The van der Waals surface area contributed by atoms with Crippen LogP contribution in [0.2, 0.25) is 0 Å². The van der Waals surface area contributed by atoms with Gasteiger partial charge in [0.2, 0.25) is 0 Å². The maximum atomic E-state index is 11.0. The molecule has 0 saturated carbocycles. The summed E-state index contributed by atoms with van der Waals surface area (Å²) in [5.41, 5.74) is 1.76. The molecule has 0 bridgehead atoms. The average Bonchev–Trinajstić information content (AvgIpc) is 2.46. The number of aryl methyl sites for hydroxylation is 1. The van der Waals surface area contributed by atoms with Crippen molar-refractivity contribution in [3.63, 3.8) is 0 Å². The van der Waals surface area contributed by atoms with Crippen molar-refractivity contribution >= 4 is 23.5 Å². The Morgan fingerprint density at radius 3 is 2.14 bits per heavy atom. The van der Waals surface area contributed by atoms with Gasteiger partial charge < -0.3 is 0 Å². The van der Waals surface area contributed by atoms with Gasteiger partial charge in [0.25, 0.3) is 11.4 Å². The predicted molar refractivity (Wildman–Crippen MR) is 79.9 cm³/mol. The highest BCUT2D eigenvalue weighted by Gasteiger charge is 2.17. The van der Waals surface area contributed by atoms with Gasteiger partial charge in [-0.1, -0.05) is 35.9 Å². The molecule has 2 rings (SSSR count). The topological polar surface area (TPSA) is 86.3 Å². The predicted octanol–water partition coefficient (Wildman–Crippen LogP) is 3.98. The summed E-state index contributed by atoms with van der Waals surface area (Å²) in [6.07, 6.45) is 3.31. The minimum atomic E-state index is -0.652. The Balaban J connectivity index is 2.37. The molecule has 6 heteroatoms. The molecule has 6 nitrogen and oxygen atoms in total. The van der Waals surface area contributed by atoms with Crippen LogP contribution in [0.25, 0.3) is 12.2 Å². The zero-order chi connectivity index (χ0) is 15.4. The average molecular weight is 284 g/mol. The van der Waals surface area contributed by atoms with E-state index >= 15 is 0 Å². The number of nitrogens with zero attached hydrogens (tertiary/aromatic N) is 2. The first-order valence-corrected chi connectivity index (χ1v) is 6.15. The fourth-order valence-electron chi connectivity index (χ4n) is 1.81. The molecular weight excluding hydrogens is 272 g/mol. The highest BCUT2D eigenvalue weighted by Crippen LogP contribution is 2.26. The zero-order valence-electron chi connectivity index (χ0n) is 11.2. The number of hydrogen-bond donors (Lipinski definition) is 0. The van der Waals surface area contributed by atoms with Crippen LogP contribution in [0.4, 0.5) is 11.4 Å². The van der Waals surface area contributed by atoms with Crippen LogP contribution in [0, 0.1) is 27.2 Å². The Labute approximate surface area is 120 Å². The van der Waals surface area contributed by atoms with E-state index in [0.717, 1.165) is 17.2 Å². The van der Waals surface area contributed by atoms with Crippen LogP contribution in [0.1, 0.15) is 16.7 Å². The summed E-state index contributed by atoms with van der Waals surface area (Å²) < 4.78 is 0. The van der Waals surface area contributed by atoms with Gasteiger partial charge in [-0.25, -0.2) is 0 Å². The second-order valence-corrected chi connectivity index (χ2v) is 4.50. The first-order chi connectivity index (χ1) is 9.97. The normalized spacial score (nSPS) is 10.7. The standard InChI is InChI=1S/C15H12N2O4/c1-11-2-4-12(5-3-11)6-7-13-8-9-14(16(18)19)10-15(13)17(20)21/h2-10H,1H3/b7-6+. The number of nitro groups is 2. The number of non-ortho nitro benzene ring substituents is 1. The van der Waals surface area contributed by atoms with Crippen LogP contribution in [0.15, 0.2) is 42.5 Å². The van der Waals surface area contributed by atoms with E-state index in [1.165, 1.54) is 12.1 Å². The van der Waals surface area contributed by atoms with Gasteiger partial charge in [0, 0.05) is 6.07 Å². The minimum Gasteiger partial charge on any atom is -0.258 e. The maximum Gasteiger partial charge on any atom is 0.283 e. The summed E-state index contributed by atoms with van der Waals surface area (Å²) >= 11 is 0. The molecule has 0 aliphatic carbocycles. The van der Waals surface area contributed by atoms with Gasteiger partial charge in [0.05, 0.1) is 21.5 Å². The molecule has 2 aromatic carbocycles. The van der Waals surface area contributed by atoms with E-state index in [1.54, 1.807) is 12.2 Å². The van der Waals surface area contributed by atoms with E-state index in [1.807, 2.05) is 31.2 Å². The SMILES string of the molecule is Cc1ccc(/C=C/c2ccc([N+](=O)[O-])cc2[N+](=O)[O-])cc1. The maximum absolute atomic E-state index is 11.0. The summed E-state index contributed by atoms with van der Waals surface area (Å²) in [5.74, 6) is 0. The second-order valence-electron chi connectivity index (χ2n) is 4.50. The van der Waals surface area contributed by atoms with Gasteiger partial charge in [0.1, 0.15) is 0 Å². The van der Waals surface area contributed by atoms with Gasteiger partial charge in [-0.3, -0.25) is 20.2 Å². The molecule has 0 spiro atoms. The van der Waals surface area contributed by atoms with Gasteiger partial charge in [-0.15, -0.1) is 0 Å². The van der Waals surface area contributed by atoms with E-state index in [9.17, 15) is 20.2 Å². The molecule has 0 atom stereocenters. The van der Waals surface area contributed by atoms with E-state index in [0.29, 0.717) is 5.56 Å². The summed E-state index contributed by atoms with van der Waals surface area (Å²) in [4.78, 5) is 20.4. The van der Waals surface area contributed by atoms with Gasteiger partial charge in [0.15, 0.2) is 0 Å². The Hall–Kier alpha value is -3.02. The Morgan fingerprint density at radius 1 is 0.905 bits per heavy atom. The lowest BCUT2D eigenvalue weighted by atomic mass is 10.1. The second kappa shape index (κ2) is 5.96. The first-order valence-electron chi connectivity index (χ1n) is 6.15. The van der Waals surface area contributed by atoms with Crippen molar-refractivity contribution in [1.29, 1.82) is 0 Å². The molecule has 0 N–H and O–H groups in total. The quantitative estimate of drug-likeness (QED) is 0.482. The van der Waals surface area contributed by atoms with E-state index in [4.69, 9.17) is 0 Å². The number of nitro benzene ring substituents is 2. The van der Waals surface area contributed by atoms with Gasteiger partial charge in [-0.2, -0.15) is 0 Å². The molecule has 0 unspecified atom stereocenters. The third-order valence-electron chi connectivity index (χ3n) is 2.95. The van der Waals surface area contributed by atoms with Crippen LogP contribution in [0.5, 0.6) is 0 Å². The lowest BCUT2D eigenvalue weighted by Gasteiger charge is -1.99. The van der Waals surface area contributed by atoms with Crippen molar-refractivity contribution in [2.24, 2.45) is 0 Å². The van der Waals surface area contributed by atoms with Crippen LogP contribution < -0.4 is 0 Å². The third-order valence-corrected chi connectivity index (χ3v) is 2.95. The fourth-order valence-corrected chi connectivity index (χ4v) is 1.81. The molecule has 0 saturated heterocycles. The van der Waals surface area contributed by atoms with Crippen molar-refractivity contribution in [1.82, 2.24) is 0 Å². The monoisotopic (exact) mass is 284 g/mol. The largest absolute Gasteiger partial charge is 0.283 e. The Bertz CT molecular complexity index is 721. The zero-order valence-corrected chi connectivity index (χ0v) is 11.2. The van der Waals surface area contributed by atoms with Gasteiger partial charge >= 0.3 is 0 Å². The molecule has 21 heavy (non-hydrogen) atoms. The van der Waals surface area contributed by atoms with Crippen molar-refractivity contribution in [3.05, 3.63) is 79.4 Å². The van der Waals surface area contributed by atoms with E-state index < -0.39 is 9.85 Å². The molecule has 0 fully saturated rings. The molecule has 0 aliphatic rings. The van der Waals surface area contributed by atoms with Crippen LogP contribution in [-0.2, 0) is 0 Å². The van der Waals surface area contributed by atoms with Crippen molar-refractivity contribution in [2.45, 2.75) is 6.92 Å². The Morgan fingerprint density at radius 2 is 1.57 bits per heavy atom. The fraction of sp³-hybridized carbons (Fsp3) is 0.0667. The lowest BCUT2D eigenvalue weighted by molar-refractivity contribution is -0.394. The first kappa shape index (κ1) is 14.4. The molecule has 106 valence electrons. The van der Waals surface area contributed by atoms with Gasteiger partial charge in [-0.05, 0) is 24.6 Å². The van der Waals surface area contributed by atoms with Crippen molar-refractivity contribution in [2.75, 3.05) is 0 Å². The summed E-state index contributed by atoms with van der Waals surface area (Å²) in [6.45, 7) is 1.97. The number of rotatable bonds is 4. The van der Waals surface area contributed by atoms with E-state index in [-0.39, 0.29) is 11.4 Å². The molecule has 0 radical (unpaired) electrons. The Kier molecular flexibility index (Phi) is 4.08. The molecule has 2 aromatic rings. The summed E-state index contributed by atoms with van der Waals surface area (Å²) in [7, 11) is 0. The van der Waals surface area contributed by atoms with Crippen molar-refractivity contribution in [3.8, 4) is 0 Å². The molecule has 0 aliphatic heterocycles. The molecular formula is C15H12N2O4. The van der Waals surface area contributed by atoms with Crippen LogP contribution in [-0.4, -0.2) is 9.85 Å². The third kappa shape index (κ3) is 3.50. The molecule has 0 amide bonds. The molecule has 0 aromatic heterocycles. The highest BCUT2D eigenvalue weighted by atomic mass is 16.6. The highest BCUT2D eigenvalue weighted by molar-refractivity contribution is 5.75. The van der Waals surface area contributed by atoms with Crippen LogP contribution >= 0.6 is 0 Å². The minimum absolute atomic E-state index is 0.285. The number of benzene rings is 2.